The molecule has 0 spiro atoms. The SMILES string of the molecule is COc1cc(OC)c2cc(C(=O)NCCc3c[nH]c4ccccc34)n(C)c2c1. The van der Waals surface area contributed by atoms with Crippen molar-refractivity contribution in [1.82, 2.24) is 14.9 Å². The molecule has 0 saturated carbocycles. The molecule has 0 radical (unpaired) electrons. The summed E-state index contributed by atoms with van der Waals surface area (Å²) >= 11 is 0. The van der Waals surface area contributed by atoms with Crippen molar-refractivity contribution in [3.8, 4) is 11.5 Å². The minimum atomic E-state index is -0.112. The summed E-state index contributed by atoms with van der Waals surface area (Å²) < 4.78 is 12.7. The van der Waals surface area contributed by atoms with Crippen LogP contribution in [0.4, 0.5) is 0 Å². The van der Waals surface area contributed by atoms with Crippen LogP contribution in [0.25, 0.3) is 21.8 Å². The number of rotatable bonds is 6. The van der Waals surface area contributed by atoms with Gasteiger partial charge in [0.15, 0.2) is 0 Å². The Hall–Kier alpha value is -3.41. The minimum absolute atomic E-state index is 0.112. The fourth-order valence-electron chi connectivity index (χ4n) is 3.62. The van der Waals surface area contributed by atoms with Gasteiger partial charge >= 0.3 is 0 Å². The summed E-state index contributed by atoms with van der Waals surface area (Å²) in [7, 11) is 5.10. The second-order valence-electron chi connectivity index (χ2n) is 6.72. The molecule has 1 amide bonds. The lowest BCUT2D eigenvalue weighted by Crippen LogP contribution is -2.27. The number of hydrogen-bond acceptors (Lipinski definition) is 3. The number of nitrogens with zero attached hydrogens (tertiary/aromatic N) is 1. The molecular formula is C22H23N3O3. The Labute approximate surface area is 163 Å². The zero-order valence-electron chi connectivity index (χ0n) is 16.2. The average molecular weight is 377 g/mol. The van der Waals surface area contributed by atoms with E-state index in [0.717, 1.165) is 22.8 Å². The monoisotopic (exact) mass is 377 g/mol. The molecule has 4 aromatic rings. The number of carbonyl (C=O) groups is 1. The second-order valence-corrected chi connectivity index (χ2v) is 6.72. The topological polar surface area (TPSA) is 68.3 Å². The molecular weight excluding hydrogens is 354 g/mol. The van der Waals surface area contributed by atoms with E-state index in [1.807, 2.05) is 48.1 Å². The summed E-state index contributed by atoms with van der Waals surface area (Å²) in [4.78, 5) is 16.0. The van der Waals surface area contributed by atoms with Crippen LogP contribution >= 0.6 is 0 Å². The lowest BCUT2D eigenvalue weighted by Gasteiger charge is -2.08. The van der Waals surface area contributed by atoms with Crippen molar-refractivity contribution < 1.29 is 14.3 Å². The number of aromatic nitrogens is 2. The van der Waals surface area contributed by atoms with Gasteiger partial charge in [-0.15, -0.1) is 0 Å². The van der Waals surface area contributed by atoms with Crippen LogP contribution in [0, 0.1) is 0 Å². The van der Waals surface area contributed by atoms with Crippen molar-refractivity contribution in [2.24, 2.45) is 7.05 Å². The van der Waals surface area contributed by atoms with E-state index in [1.54, 1.807) is 14.2 Å². The van der Waals surface area contributed by atoms with Crippen molar-refractivity contribution in [3.05, 3.63) is 59.9 Å². The smallest absolute Gasteiger partial charge is 0.267 e. The minimum Gasteiger partial charge on any atom is -0.497 e. The Kier molecular flexibility index (Phi) is 4.69. The first-order valence-corrected chi connectivity index (χ1v) is 9.17. The Morgan fingerprint density at radius 3 is 2.71 bits per heavy atom. The molecule has 28 heavy (non-hydrogen) atoms. The Balaban J connectivity index is 1.53. The van der Waals surface area contributed by atoms with Crippen molar-refractivity contribution in [2.45, 2.75) is 6.42 Å². The number of aromatic amines is 1. The molecule has 2 heterocycles. The highest BCUT2D eigenvalue weighted by Crippen LogP contribution is 2.33. The third-order valence-electron chi connectivity index (χ3n) is 5.14. The lowest BCUT2D eigenvalue weighted by molar-refractivity contribution is 0.0946. The van der Waals surface area contributed by atoms with Gasteiger partial charge in [-0.1, -0.05) is 18.2 Å². The molecule has 144 valence electrons. The molecule has 0 atom stereocenters. The molecule has 0 unspecified atom stereocenters. The first-order chi connectivity index (χ1) is 13.6. The van der Waals surface area contributed by atoms with Gasteiger partial charge in [0.2, 0.25) is 0 Å². The number of amides is 1. The third-order valence-corrected chi connectivity index (χ3v) is 5.14. The van der Waals surface area contributed by atoms with E-state index in [9.17, 15) is 4.79 Å². The number of hydrogen-bond donors (Lipinski definition) is 2. The first-order valence-electron chi connectivity index (χ1n) is 9.17. The summed E-state index contributed by atoms with van der Waals surface area (Å²) in [5, 5.41) is 5.10. The Bertz CT molecular complexity index is 1160. The lowest BCUT2D eigenvalue weighted by atomic mass is 10.1. The number of para-hydroxylation sites is 1. The fourth-order valence-corrected chi connectivity index (χ4v) is 3.62. The molecule has 4 rings (SSSR count). The van der Waals surface area contributed by atoms with Gasteiger partial charge < -0.3 is 24.3 Å². The van der Waals surface area contributed by atoms with E-state index < -0.39 is 0 Å². The first kappa shape index (κ1) is 18.0. The molecule has 0 saturated heterocycles. The van der Waals surface area contributed by atoms with E-state index in [-0.39, 0.29) is 5.91 Å². The van der Waals surface area contributed by atoms with Gasteiger partial charge in [-0.05, 0) is 24.1 Å². The Morgan fingerprint density at radius 2 is 1.93 bits per heavy atom. The van der Waals surface area contributed by atoms with Crippen molar-refractivity contribution >= 4 is 27.7 Å². The van der Waals surface area contributed by atoms with Gasteiger partial charge in [-0.2, -0.15) is 0 Å². The van der Waals surface area contributed by atoms with Gasteiger partial charge in [0.25, 0.3) is 5.91 Å². The van der Waals surface area contributed by atoms with Crippen LogP contribution in [0.1, 0.15) is 16.1 Å². The maximum atomic E-state index is 12.8. The van der Waals surface area contributed by atoms with Gasteiger partial charge in [-0.3, -0.25) is 4.79 Å². The van der Waals surface area contributed by atoms with Crippen molar-refractivity contribution in [1.29, 1.82) is 0 Å². The molecule has 6 heteroatoms. The number of fused-ring (bicyclic) bond motifs is 2. The number of ether oxygens (including phenoxy) is 2. The maximum Gasteiger partial charge on any atom is 0.267 e. The highest BCUT2D eigenvalue weighted by molar-refractivity contribution is 6.00. The highest BCUT2D eigenvalue weighted by atomic mass is 16.5. The summed E-state index contributed by atoms with van der Waals surface area (Å²) in [6.45, 7) is 0.558. The number of benzene rings is 2. The third kappa shape index (κ3) is 3.07. The summed E-state index contributed by atoms with van der Waals surface area (Å²) in [6, 6.07) is 13.8. The van der Waals surface area contributed by atoms with Crippen LogP contribution in [0.2, 0.25) is 0 Å². The molecule has 2 N–H and O–H groups in total. The van der Waals surface area contributed by atoms with E-state index in [0.29, 0.717) is 23.7 Å². The van der Waals surface area contributed by atoms with Gasteiger partial charge in [0.05, 0.1) is 19.7 Å². The van der Waals surface area contributed by atoms with Crippen molar-refractivity contribution in [3.63, 3.8) is 0 Å². The molecule has 2 aromatic carbocycles. The fraction of sp³-hybridized carbons (Fsp3) is 0.227. The molecule has 0 aliphatic rings. The summed E-state index contributed by atoms with van der Waals surface area (Å²) in [5.41, 5.74) is 3.77. The van der Waals surface area contributed by atoms with Crippen molar-refractivity contribution in [2.75, 3.05) is 20.8 Å². The zero-order valence-corrected chi connectivity index (χ0v) is 16.2. The standard InChI is InChI=1S/C22H23N3O3/c1-25-19-10-15(27-2)11-21(28-3)17(19)12-20(25)22(26)23-9-8-14-13-24-18-7-5-4-6-16(14)18/h4-7,10-13,24H,8-9H2,1-3H3,(H,23,26). The molecule has 0 bridgehead atoms. The normalized spacial score (nSPS) is 11.1. The van der Waals surface area contributed by atoms with Crippen LogP contribution in [0.3, 0.4) is 0 Å². The number of aryl methyl sites for hydroxylation is 1. The molecule has 2 aromatic heterocycles. The summed E-state index contributed by atoms with van der Waals surface area (Å²) in [5.74, 6) is 1.26. The largest absolute Gasteiger partial charge is 0.497 e. The average Bonchev–Trinajstić information content (AvgIpc) is 3.28. The number of methoxy groups -OCH3 is 2. The van der Waals surface area contributed by atoms with Crippen LogP contribution in [-0.2, 0) is 13.5 Å². The van der Waals surface area contributed by atoms with E-state index in [2.05, 4.69) is 22.4 Å². The number of carbonyl (C=O) groups excluding carboxylic acids is 1. The molecule has 0 aliphatic heterocycles. The van der Waals surface area contributed by atoms with E-state index in [1.165, 1.54) is 10.9 Å². The van der Waals surface area contributed by atoms with Crippen LogP contribution < -0.4 is 14.8 Å². The predicted molar refractivity (Wildman–Crippen MR) is 110 cm³/mol. The van der Waals surface area contributed by atoms with Crippen LogP contribution in [0.15, 0.2) is 48.7 Å². The molecule has 0 aliphatic carbocycles. The van der Waals surface area contributed by atoms with Crippen LogP contribution in [-0.4, -0.2) is 36.2 Å². The van der Waals surface area contributed by atoms with Gasteiger partial charge in [0, 0.05) is 48.2 Å². The Morgan fingerprint density at radius 1 is 1.11 bits per heavy atom. The maximum absolute atomic E-state index is 12.8. The molecule has 6 nitrogen and oxygen atoms in total. The summed E-state index contributed by atoms with van der Waals surface area (Å²) in [6.07, 6.45) is 2.77. The van der Waals surface area contributed by atoms with Crippen LogP contribution in [0.5, 0.6) is 11.5 Å². The predicted octanol–water partition coefficient (Wildman–Crippen LogP) is 3.65. The highest BCUT2D eigenvalue weighted by Gasteiger charge is 2.17. The zero-order chi connectivity index (χ0) is 19.7. The van der Waals surface area contributed by atoms with E-state index >= 15 is 0 Å². The van der Waals surface area contributed by atoms with Gasteiger partial charge in [-0.25, -0.2) is 0 Å². The molecule has 0 fully saturated rings. The quantitative estimate of drug-likeness (QED) is 0.539. The second kappa shape index (κ2) is 7.31. The van der Waals surface area contributed by atoms with E-state index in [4.69, 9.17) is 9.47 Å². The number of nitrogens with one attached hydrogen (secondary N) is 2. The number of H-pyrrole nitrogens is 1. The van der Waals surface area contributed by atoms with Gasteiger partial charge in [0.1, 0.15) is 17.2 Å².